The number of aromatic hydroxyl groups is 1. The molecule has 0 saturated heterocycles. The SMILES string of the molecule is CCN1CN([C@H](C)C(F)(F)F)C(=O)c2c(O)c(=O)c(-c3nnc(Cc4ccc(F)cc4F)s3)cn21. The van der Waals surface area contributed by atoms with Crippen molar-refractivity contribution in [3.8, 4) is 16.3 Å². The molecule has 0 saturated carbocycles. The first-order valence-corrected chi connectivity index (χ1v) is 11.1. The van der Waals surface area contributed by atoms with Gasteiger partial charge in [-0.25, -0.2) is 8.78 Å². The lowest BCUT2D eigenvalue weighted by Gasteiger charge is -2.42. The van der Waals surface area contributed by atoms with E-state index in [9.17, 15) is 36.6 Å². The Hall–Kier alpha value is -3.55. The summed E-state index contributed by atoms with van der Waals surface area (Å²) in [4.78, 5) is 26.2. The Balaban J connectivity index is 1.73. The first-order chi connectivity index (χ1) is 16.4. The minimum atomic E-state index is -4.71. The van der Waals surface area contributed by atoms with E-state index in [1.807, 2.05) is 0 Å². The zero-order valence-corrected chi connectivity index (χ0v) is 19.1. The Morgan fingerprint density at radius 3 is 2.54 bits per heavy atom. The van der Waals surface area contributed by atoms with E-state index < -0.39 is 53.3 Å². The average molecular weight is 515 g/mol. The highest BCUT2D eigenvalue weighted by molar-refractivity contribution is 7.14. The van der Waals surface area contributed by atoms with Crippen LogP contribution in [0.2, 0.25) is 0 Å². The molecule has 186 valence electrons. The van der Waals surface area contributed by atoms with Gasteiger partial charge in [0.05, 0.1) is 5.56 Å². The Morgan fingerprint density at radius 1 is 1.20 bits per heavy atom. The first-order valence-electron chi connectivity index (χ1n) is 10.3. The number of amides is 1. The fraction of sp³-hybridized carbons (Fsp3) is 0.333. The van der Waals surface area contributed by atoms with Crippen LogP contribution in [-0.4, -0.2) is 56.2 Å². The summed E-state index contributed by atoms with van der Waals surface area (Å²) in [6.07, 6.45) is -3.54. The smallest absolute Gasteiger partial charge is 0.408 e. The lowest BCUT2D eigenvalue weighted by molar-refractivity contribution is -0.173. The van der Waals surface area contributed by atoms with Crippen LogP contribution in [0.15, 0.2) is 29.2 Å². The predicted molar refractivity (Wildman–Crippen MR) is 116 cm³/mol. The summed E-state index contributed by atoms with van der Waals surface area (Å²) in [6.45, 7) is 2.16. The highest BCUT2D eigenvalue weighted by atomic mass is 32.1. The maximum absolute atomic E-state index is 14.0. The molecule has 14 heteroatoms. The van der Waals surface area contributed by atoms with Gasteiger partial charge in [-0.15, -0.1) is 10.2 Å². The molecule has 1 amide bonds. The lowest BCUT2D eigenvalue weighted by Crippen LogP contribution is -2.59. The molecule has 8 nitrogen and oxygen atoms in total. The molecular formula is C21H18F5N5O3S. The summed E-state index contributed by atoms with van der Waals surface area (Å²) >= 11 is 0.916. The normalized spacial score (nSPS) is 14.9. The summed E-state index contributed by atoms with van der Waals surface area (Å²) in [5, 5.41) is 20.1. The van der Waals surface area contributed by atoms with E-state index in [1.54, 1.807) is 6.92 Å². The molecule has 0 spiro atoms. The highest BCUT2D eigenvalue weighted by Crippen LogP contribution is 2.32. The van der Waals surface area contributed by atoms with Crippen LogP contribution in [0.3, 0.4) is 0 Å². The molecule has 2 aromatic heterocycles. The van der Waals surface area contributed by atoms with Crippen LogP contribution in [0, 0.1) is 11.6 Å². The standard InChI is InChI=1S/C21H18F5N5O3S/c1-3-29-9-30(10(2)21(24,25)26)20(34)16-18(33)17(32)13(8-31(16)29)19-28-27-15(35-19)6-11-4-5-12(22)7-14(11)23/h4-5,7-8,10,33H,3,6,9H2,1-2H3/t10-/m1/s1. The third-order valence-corrected chi connectivity index (χ3v) is 6.57. The molecule has 3 heterocycles. The number of rotatable bonds is 5. The molecule has 1 aliphatic heterocycles. The maximum atomic E-state index is 14.0. The van der Waals surface area contributed by atoms with Crippen molar-refractivity contribution >= 4 is 17.2 Å². The zero-order valence-electron chi connectivity index (χ0n) is 18.3. The number of hydrogen-bond acceptors (Lipinski definition) is 7. The van der Waals surface area contributed by atoms with Gasteiger partial charge >= 0.3 is 6.18 Å². The van der Waals surface area contributed by atoms with Crippen molar-refractivity contribution in [1.29, 1.82) is 0 Å². The van der Waals surface area contributed by atoms with Gasteiger partial charge in [-0.3, -0.25) is 19.3 Å². The number of pyridine rings is 1. The van der Waals surface area contributed by atoms with Crippen molar-refractivity contribution in [3.63, 3.8) is 0 Å². The fourth-order valence-electron chi connectivity index (χ4n) is 3.60. The van der Waals surface area contributed by atoms with E-state index in [1.165, 1.54) is 17.3 Å². The summed E-state index contributed by atoms with van der Waals surface area (Å²) in [5.41, 5.74) is -1.60. The predicted octanol–water partition coefficient (Wildman–Crippen LogP) is 3.26. The van der Waals surface area contributed by atoms with E-state index in [2.05, 4.69) is 10.2 Å². The molecule has 0 fully saturated rings. The Morgan fingerprint density at radius 2 is 1.91 bits per heavy atom. The molecule has 0 bridgehead atoms. The van der Waals surface area contributed by atoms with E-state index in [4.69, 9.17) is 0 Å². The van der Waals surface area contributed by atoms with Gasteiger partial charge in [0, 0.05) is 25.2 Å². The number of carbonyl (C=O) groups excluding carboxylic acids is 1. The van der Waals surface area contributed by atoms with Crippen LogP contribution in [0.25, 0.3) is 10.6 Å². The van der Waals surface area contributed by atoms with Crippen LogP contribution >= 0.6 is 11.3 Å². The second-order valence-corrected chi connectivity index (χ2v) is 8.85. The molecule has 0 radical (unpaired) electrons. The Bertz CT molecular complexity index is 1360. The van der Waals surface area contributed by atoms with Crippen LogP contribution in [0.5, 0.6) is 5.75 Å². The van der Waals surface area contributed by atoms with Crippen molar-refractivity contribution < 1.29 is 31.9 Å². The molecule has 35 heavy (non-hydrogen) atoms. The number of benzene rings is 1. The lowest BCUT2D eigenvalue weighted by atomic mass is 10.1. The third kappa shape index (κ3) is 4.45. The van der Waals surface area contributed by atoms with Crippen LogP contribution < -0.4 is 10.4 Å². The van der Waals surface area contributed by atoms with Crippen molar-refractivity contribution in [1.82, 2.24) is 19.8 Å². The Kier molecular flexibility index (Phi) is 6.25. The van der Waals surface area contributed by atoms with Gasteiger partial charge in [-0.05, 0) is 25.5 Å². The number of hydrogen-bond donors (Lipinski definition) is 1. The largest absolute Gasteiger partial charge is 0.502 e. The first kappa shape index (κ1) is 24.6. The van der Waals surface area contributed by atoms with Gasteiger partial charge in [0.15, 0.2) is 16.5 Å². The van der Waals surface area contributed by atoms with Crippen molar-refractivity contribution in [2.24, 2.45) is 0 Å². The summed E-state index contributed by atoms with van der Waals surface area (Å²) in [7, 11) is 0. The number of aromatic nitrogens is 3. The van der Waals surface area contributed by atoms with Gasteiger partial charge in [0.1, 0.15) is 29.4 Å². The maximum Gasteiger partial charge on any atom is 0.408 e. The van der Waals surface area contributed by atoms with Gasteiger partial charge < -0.3 is 10.0 Å². The zero-order chi connectivity index (χ0) is 25.7. The summed E-state index contributed by atoms with van der Waals surface area (Å²) in [5.74, 6) is -3.68. The van der Waals surface area contributed by atoms with Crippen molar-refractivity contribution in [2.75, 3.05) is 18.2 Å². The molecule has 0 aliphatic carbocycles. The van der Waals surface area contributed by atoms with Crippen LogP contribution in [0.1, 0.15) is 34.9 Å². The monoisotopic (exact) mass is 515 g/mol. The Labute approximate surface area is 198 Å². The number of fused-ring (bicyclic) bond motifs is 1. The van der Waals surface area contributed by atoms with Crippen LogP contribution in [-0.2, 0) is 6.42 Å². The topological polar surface area (TPSA) is 91.6 Å². The van der Waals surface area contributed by atoms with Gasteiger partial charge in [0.2, 0.25) is 5.43 Å². The van der Waals surface area contributed by atoms with E-state index in [0.717, 1.165) is 35.1 Å². The summed E-state index contributed by atoms with van der Waals surface area (Å²) < 4.78 is 68.1. The van der Waals surface area contributed by atoms with Crippen LogP contribution in [0.4, 0.5) is 22.0 Å². The summed E-state index contributed by atoms with van der Waals surface area (Å²) in [6, 6.07) is 0.923. The minimum absolute atomic E-state index is 0.0358. The molecule has 3 aromatic rings. The van der Waals surface area contributed by atoms with E-state index in [0.29, 0.717) is 9.91 Å². The number of nitrogens with zero attached hydrogens (tertiary/aromatic N) is 5. The molecule has 4 rings (SSSR count). The van der Waals surface area contributed by atoms with E-state index in [-0.39, 0.29) is 29.1 Å². The van der Waals surface area contributed by atoms with Gasteiger partial charge in [0.25, 0.3) is 5.91 Å². The molecule has 1 atom stereocenters. The fourth-order valence-corrected chi connectivity index (χ4v) is 4.47. The third-order valence-electron chi connectivity index (χ3n) is 5.61. The second-order valence-electron chi connectivity index (χ2n) is 7.78. The molecular weight excluding hydrogens is 497 g/mol. The molecule has 1 aromatic carbocycles. The quantitative estimate of drug-likeness (QED) is 0.525. The number of carbonyl (C=O) groups is 1. The molecule has 0 unspecified atom stereocenters. The van der Waals surface area contributed by atoms with Crippen molar-refractivity contribution in [2.45, 2.75) is 32.5 Å². The van der Waals surface area contributed by atoms with E-state index >= 15 is 0 Å². The number of halogens is 5. The van der Waals surface area contributed by atoms with Crippen molar-refractivity contribution in [3.05, 3.63) is 62.5 Å². The van der Waals surface area contributed by atoms with Gasteiger partial charge in [-0.2, -0.15) is 13.2 Å². The van der Waals surface area contributed by atoms with Gasteiger partial charge in [-0.1, -0.05) is 17.4 Å². The second kappa shape index (κ2) is 8.91. The molecule has 1 N–H and O–H groups in total. The highest BCUT2D eigenvalue weighted by Gasteiger charge is 2.46. The molecule has 1 aliphatic rings. The average Bonchev–Trinajstić information content (AvgIpc) is 3.25. The minimum Gasteiger partial charge on any atom is -0.502 e. The number of alkyl halides is 3.